The third-order valence-corrected chi connectivity index (χ3v) is 4.54. The molecule has 4 rings (SSSR count). The number of anilines is 2. The fraction of sp³-hybridized carbons (Fsp3) is 0.286. The molecule has 0 aliphatic carbocycles. The summed E-state index contributed by atoms with van der Waals surface area (Å²) in [7, 11) is 0. The lowest BCUT2D eigenvalue weighted by atomic mass is 10.2. The van der Waals surface area contributed by atoms with Gasteiger partial charge in [-0.2, -0.15) is 0 Å². The number of hydrogen-bond donors (Lipinski definition) is 1. The molecule has 0 spiro atoms. The number of esters is 1. The number of nitrogens with one attached hydrogen (secondary N) is 1. The maximum absolute atomic E-state index is 12.1. The van der Waals surface area contributed by atoms with E-state index in [1.807, 2.05) is 0 Å². The van der Waals surface area contributed by atoms with Gasteiger partial charge in [-0.25, -0.2) is 0 Å². The van der Waals surface area contributed by atoms with Crippen LogP contribution in [-0.4, -0.2) is 50.8 Å². The minimum atomic E-state index is -0.580. The van der Waals surface area contributed by atoms with Crippen LogP contribution in [0.25, 0.3) is 0 Å². The number of hydrogen-bond acceptors (Lipinski definition) is 7. The maximum Gasteiger partial charge on any atom is 0.308 e. The zero-order valence-electron chi connectivity index (χ0n) is 16.1. The van der Waals surface area contributed by atoms with E-state index in [0.717, 1.165) is 0 Å². The van der Waals surface area contributed by atoms with Crippen molar-refractivity contribution in [2.45, 2.75) is 6.42 Å². The number of para-hydroxylation sites is 2. The summed E-state index contributed by atoms with van der Waals surface area (Å²) in [6.45, 7) is 0.557. The molecule has 2 aliphatic rings. The first-order valence-electron chi connectivity index (χ1n) is 9.47. The van der Waals surface area contributed by atoms with Crippen molar-refractivity contribution in [2.75, 3.05) is 43.2 Å². The van der Waals surface area contributed by atoms with Crippen molar-refractivity contribution in [2.24, 2.45) is 0 Å². The second kappa shape index (κ2) is 8.73. The predicted molar refractivity (Wildman–Crippen MR) is 106 cm³/mol. The SMILES string of the molecule is O=C(COC(=O)CCN1C(=O)COc2ccccc21)Nc1ccc2c(c1)OCCO2. The Morgan fingerprint density at radius 1 is 1.00 bits per heavy atom. The Hall–Kier alpha value is -3.75. The molecule has 2 heterocycles. The normalized spacial score (nSPS) is 14.4. The van der Waals surface area contributed by atoms with Crippen LogP contribution in [0.3, 0.4) is 0 Å². The molecule has 9 nitrogen and oxygen atoms in total. The van der Waals surface area contributed by atoms with E-state index in [0.29, 0.717) is 41.8 Å². The second-order valence-electron chi connectivity index (χ2n) is 6.62. The van der Waals surface area contributed by atoms with Crippen LogP contribution >= 0.6 is 0 Å². The topological polar surface area (TPSA) is 103 Å². The summed E-state index contributed by atoms with van der Waals surface area (Å²) in [5.74, 6) is 0.454. The third kappa shape index (κ3) is 4.45. The Kier molecular flexibility index (Phi) is 5.69. The highest BCUT2D eigenvalue weighted by Gasteiger charge is 2.25. The fourth-order valence-corrected chi connectivity index (χ4v) is 3.14. The minimum absolute atomic E-state index is 0.0443. The van der Waals surface area contributed by atoms with E-state index in [9.17, 15) is 14.4 Å². The molecule has 2 amide bonds. The molecule has 2 aliphatic heterocycles. The summed E-state index contributed by atoms with van der Waals surface area (Å²) in [5, 5.41) is 2.64. The molecule has 2 aromatic carbocycles. The van der Waals surface area contributed by atoms with Crippen LogP contribution in [0.15, 0.2) is 42.5 Å². The second-order valence-corrected chi connectivity index (χ2v) is 6.62. The molecule has 156 valence electrons. The van der Waals surface area contributed by atoms with Gasteiger partial charge in [0, 0.05) is 18.3 Å². The molecule has 0 fully saturated rings. The lowest BCUT2D eigenvalue weighted by Gasteiger charge is -2.28. The lowest BCUT2D eigenvalue weighted by Crippen LogP contribution is -2.40. The largest absolute Gasteiger partial charge is 0.486 e. The molecule has 9 heteroatoms. The first-order chi connectivity index (χ1) is 14.6. The van der Waals surface area contributed by atoms with Gasteiger partial charge in [-0.15, -0.1) is 0 Å². The quantitative estimate of drug-likeness (QED) is 0.721. The van der Waals surface area contributed by atoms with Crippen molar-refractivity contribution in [3.05, 3.63) is 42.5 Å². The summed E-state index contributed by atoms with van der Waals surface area (Å²) in [4.78, 5) is 37.7. The number of nitrogens with zero attached hydrogens (tertiary/aromatic N) is 1. The van der Waals surface area contributed by atoms with Crippen molar-refractivity contribution >= 4 is 29.2 Å². The maximum atomic E-state index is 12.1. The lowest BCUT2D eigenvalue weighted by molar-refractivity contribution is -0.147. The van der Waals surface area contributed by atoms with Crippen LogP contribution in [0, 0.1) is 0 Å². The standard InChI is InChI=1S/C21H20N2O7/c24-19(22-14-5-6-17-18(11-14)28-10-9-27-17)12-30-21(26)7-8-23-15-3-1-2-4-16(15)29-13-20(23)25/h1-6,11H,7-10,12-13H2,(H,22,24). The van der Waals surface area contributed by atoms with Crippen molar-refractivity contribution < 1.29 is 33.3 Å². The zero-order chi connectivity index (χ0) is 20.9. The Morgan fingerprint density at radius 2 is 1.80 bits per heavy atom. The van der Waals surface area contributed by atoms with Gasteiger partial charge in [0.15, 0.2) is 24.7 Å². The Balaban J connectivity index is 1.25. The van der Waals surface area contributed by atoms with Gasteiger partial charge in [0.1, 0.15) is 19.0 Å². The van der Waals surface area contributed by atoms with Gasteiger partial charge < -0.3 is 29.2 Å². The average molecular weight is 412 g/mol. The van der Waals surface area contributed by atoms with E-state index < -0.39 is 18.5 Å². The van der Waals surface area contributed by atoms with Crippen molar-refractivity contribution in [3.8, 4) is 17.2 Å². The molecular weight excluding hydrogens is 392 g/mol. The summed E-state index contributed by atoms with van der Waals surface area (Å²) in [5.41, 5.74) is 1.12. The fourth-order valence-electron chi connectivity index (χ4n) is 3.14. The Morgan fingerprint density at radius 3 is 2.67 bits per heavy atom. The van der Waals surface area contributed by atoms with Gasteiger partial charge in [0.2, 0.25) is 0 Å². The predicted octanol–water partition coefficient (Wildman–Crippen LogP) is 1.76. The van der Waals surface area contributed by atoms with Gasteiger partial charge in [0.05, 0.1) is 12.1 Å². The molecule has 0 bridgehead atoms. The van der Waals surface area contributed by atoms with Gasteiger partial charge in [-0.1, -0.05) is 12.1 Å². The monoisotopic (exact) mass is 412 g/mol. The highest BCUT2D eigenvalue weighted by atomic mass is 16.6. The van der Waals surface area contributed by atoms with E-state index in [1.165, 1.54) is 4.90 Å². The van der Waals surface area contributed by atoms with Crippen LogP contribution in [-0.2, 0) is 19.1 Å². The van der Waals surface area contributed by atoms with Crippen molar-refractivity contribution in [1.82, 2.24) is 0 Å². The Bertz CT molecular complexity index is 976. The van der Waals surface area contributed by atoms with Crippen LogP contribution < -0.4 is 24.4 Å². The highest BCUT2D eigenvalue weighted by molar-refractivity contribution is 5.98. The number of carbonyl (C=O) groups is 3. The number of carbonyl (C=O) groups excluding carboxylic acids is 3. The van der Waals surface area contributed by atoms with E-state index in [2.05, 4.69) is 5.32 Å². The van der Waals surface area contributed by atoms with Crippen LogP contribution in [0.2, 0.25) is 0 Å². The summed E-state index contributed by atoms with van der Waals surface area (Å²) in [6, 6.07) is 12.1. The van der Waals surface area contributed by atoms with Crippen LogP contribution in [0.1, 0.15) is 6.42 Å². The number of fused-ring (bicyclic) bond motifs is 2. The van der Waals surface area contributed by atoms with E-state index in [1.54, 1.807) is 42.5 Å². The van der Waals surface area contributed by atoms with E-state index in [4.69, 9.17) is 18.9 Å². The van der Waals surface area contributed by atoms with Crippen molar-refractivity contribution in [1.29, 1.82) is 0 Å². The number of amides is 2. The average Bonchev–Trinajstić information content (AvgIpc) is 2.77. The van der Waals surface area contributed by atoms with E-state index in [-0.39, 0.29) is 25.5 Å². The zero-order valence-corrected chi connectivity index (χ0v) is 16.1. The number of ether oxygens (including phenoxy) is 4. The molecule has 0 atom stereocenters. The molecule has 0 radical (unpaired) electrons. The van der Waals surface area contributed by atoms with Crippen LogP contribution in [0.4, 0.5) is 11.4 Å². The van der Waals surface area contributed by atoms with Crippen molar-refractivity contribution in [3.63, 3.8) is 0 Å². The highest BCUT2D eigenvalue weighted by Crippen LogP contribution is 2.33. The van der Waals surface area contributed by atoms with Gasteiger partial charge >= 0.3 is 5.97 Å². The van der Waals surface area contributed by atoms with Crippen LogP contribution in [0.5, 0.6) is 17.2 Å². The number of benzene rings is 2. The molecular formula is C21H20N2O7. The van der Waals surface area contributed by atoms with Gasteiger partial charge in [-0.05, 0) is 24.3 Å². The molecule has 2 aromatic rings. The van der Waals surface area contributed by atoms with Gasteiger partial charge in [0.25, 0.3) is 11.8 Å². The first kappa shape index (κ1) is 19.6. The number of rotatable bonds is 6. The molecule has 30 heavy (non-hydrogen) atoms. The first-order valence-corrected chi connectivity index (χ1v) is 9.47. The summed E-state index contributed by atoms with van der Waals surface area (Å²) >= 11 is 0. The Labute approximate surface area is 172 Å². The minimum Gasteiger partial charge on any atom is -0.486 e. The van der Waals surface area contributed by atoms with Gasteiger partial charge in [-0.3, -0.25) is 14.4 Å². The summed E-state index contributed by atoms with van der Waals surface area (Å²) < 4.78 is 21.3. The molecule has 0 unspecified atom stereocenters. The van der Waals surface area contributed by atoms with E-state index >= 15 is 0 Å². The third-order valence-electron chi connectivity index (χ3n) is 4.54. The molecule has 0 saturated heterocycles. The molecule has 0 saturated carbocycles. The summed E-state index contributed by atoms with van der Waals surface area (Å²) in [6.07, 6.45) is -0.0443. The molecule has 1 N–H and O–H groups in total. The smallest absolute Gasteiger partial charge is 0.308 e. The molecule has 0 aromatic heterocycles.